The highest BCUT2D eigenvalue weighted by molar-refractivity contribution is 5.90. The van der Waals surface area contributed by atoms with E-state index in [9.17, 15) is 9.59 Å². The second-order valence-corrected chi connectivity index (χ2v) is 3.95. The molecule has 0 saturated heterocycles. The van der Waals surface area contributed by atoms with Crippen LogP contribution in [-0.2, 0) is 6.54 Å². The summed E-state index contributed by atoms with van der Waals surface area (Å²) in [6.07, 6.45) is 6.57. The summed E-state index contributed by atoms with van der Waals surface area (Å²) in [5.41, 5.74) is 6.37. The van der Waals surface area contributed by atoms with Crippen molar-refractivity contribution in [1.29, 1.82) is 0 Å². The molecule has 2 rings (SSSR count). The van der Waals surface area contributed by atoms with E-state index < -0.39 is 5.91 Å². The van der Waals surface area contributed by atoms with Crippen LogP contribution in [0.4, 0.5) is 0 Å². The van der Waals surface area contributed by atoms with Crippen molar-refractivity contribution in [2.24, 2.45) is 5.73 Å². The average molecular weight is 253 g/mol. The number of hydrogen-bond acceptors (Lipinski definition) is 3. The van der Waals surface area contributed by atoms with Gasteiger partial charge in [0.15, 0.2) is 0 Å². The van der Waals surface area contributed by atoms with E-state index in [0.717, 1.165) is 17.2 Å². The quantitative estimate of drug-likeness (QED) is 0.803. The first-order chi connectivity index (χ1) is 9.10. The molecule has 1 aromatic heterocycles. The minimum Gasteiger partial charge on any atom is -0.364 e. The summed E-state index contributed by atoms with van der Waals surface area (Å²) in [6.45, 7) is 0.357. The van der Waals surface area contributed by atoms with Gasteiger partial charge in [0.2, 0.25) is 0 Å². The third-order valence-electron chi connectivity index (χ3n) is 2.61. The molecule has 0 unspecified atom stereocenters. The van der Waals surface area contributed by atoms with Crippen LogP contribution in [0.5, 0.6) is 0 Å². The lowest BCUT2D eigenvalue weighted by atomic mass is 10.1. The first kappa shape index (κ1) is 12.6. The van der Waals surface area contributed by atoms with Gasteiger partial charge in [-0.2, -0.15) is 0 Å². The zero-order chi connectivity index (χ0) is 13.8. The van der Waals surface area contributed by atoms with Crippen LogP contribution in [0.3, 0.4) is 0 Å². The smallest absolute Gasteiger partial charge is 0.267 e. The third-order valence-corrected chi connectivity index (χ3v) is 2.61. The largest absolute Gasteiger partial charge is 0.364 e. The van der Waals surface area contributed by atoms with Gasteiger partial charge in [0.1, 0.15) is 5.69 Å². The maximum absolute atomic E-state index is 11.8. The van der Waals surface area contributed by atoms with Crippen molar-refractivity contribution >= 4 is 5.91 Å². The maximum Gasteiger partial charge on any atom is 0.267 e. The van der Waals surface area contributed by atoms with Crippen LogP contribution in [0.1, 0.15) is 21.6 Å². The number of carbonyl (C=O) groups is 1. The number of amides is 1. The summed E-state index contributed by atoms with van der Waals surface area (Å²) < 4.78 is 1.39. The molecule has 0 aliphatic rings. The van der Waals surface area contributed by atoms with Gasteiger partial charge in [0, 0.05) is 11.6 Å². The second-order valence-electron chi connectivity index (χ2n) is 3.95. The van der Waals surface area contributed by atoms with Gasteiger partial charge in [0.25, 0.3) is 11.5 Å². The van der Waals surface area contributed by atoms with E-state index in [1.54, 1.807) is 12.1 Å². The lowest BCUT2D eigenvalue weighted by Gasteiger charge is -2.05. The Morgan fingerprint density at radius 3 is 2.58 bits per heavy atom. The van der Waals surface area contributed by atoms with Gasteiger partial charge >= 0.3 is 0 Å². The number of primary amides is 1. The highest BCUT2D eigenvalue weighted by atomic mass is 16.1. The Morgan fingerprint density at radius 2 is 2.05 bits per heavy atom. The molecule has 0 fully saturated rings. The van der Waals surface area contributed by atoms with Crippen molar-refractivity contribution < 1.29 is 4.79 Å². The molecule has 2 aromatic rings. The average Bonchev–Trinajstić information content (AvgIpc) is 2.41. The highest BCUT2D eigenvalue weighted by Gasteiger charge is 2.05. The maximum atomic E-state index is 11.8. The lowest BCUT2D eigenvalue weighted by Crippen LogP contribution is -2.24. The minimum absolute atomic E-state index is 0.0380. The van der Waals surface area contributed by atoms with E-state index >= 15 is 0 Å². The second kappa shape index (κ2) is 5.19. The molecule has 94 valence electrons. The third kappa shape index (κ3) is 2.87. The predicted octanol–water partition coefficient (Wildman–Crippen LogP) is 0.372. The van der Waals surface area contributed by atoms with E-state index in [1.807, 2.05) is 12.1 Å². The van der Waals surface area contributed by atoms with Crippen LogP contribution >= 0.6 is 0 Å². The Bertz CT molecular complexity index is 709. The fourth-order valence-electron chi connectivity index (χ4n) is 1.58. The van der Waals surface area contributed by atoms with Gasteiger partial charge in [-0.1, -0.05) is 18.1 Å². The van der Waals surface area contributed by atoms with Crippen molar-refractivity contribution in [3.8, 4) is 12.3 Å². The normalized spacial score (nSPS) is 9.84. The molecule has 0 spiro atoms. The molecule has 1 aromatic carbocycles. The van der Waals surface area contributed by atoms with Gasteiger partial charge in [-0.3, -0.25) is 14.2 Å². The minimum atomic E-state index is -0.720. The van der Waals surface area contributed by atoms with Crippen molar-refractivity contribution in [2.75, 3.05) is 0 Å². The fourth-order valence-corrected chi connectivity index (χ4v) is 1.58. The van der Waals surface area contributed by atoms with Crippen LogP contribution in [0, 0.1) is 12.3 Å². The topological polar surface area (TPSA) is 78.0 Å². The molecule has 0 saturated carbocycles. The number of hydrogen-bond donors (Lipinski definition) is 1. The Hall–Kier alpha value is -2.87. The van der Waals surface area contributed by atoms with E-state index in [1.165, 1.54) is 10.9 Å². The standard InChI is InChI=1S/C14H11N3O2/c1-2-10-3-5-11(6-4-10)8-17-9-16-12(14(15)19)7-13(17)18/h1,3-7,9H,8H2,(H2,15,19). The SMILES string of the molecule is C#Cc1ccc(Cn2cnc(C(N)=O)cc2=O)cc1. The molecular weight excluding hydrogens is 242 g/mol. The number of aromatic nitrogens is 2. The summed E-state index contributed by atoms with van der Waals surface area (Å²) in [7, 11) is 0. The summed E-state index contributed by atoms with van der Waals surface area (Å²) in [5.74, 6) is 1.80. The summed E-state index contributed by atoms with van der Waals surface area (Å²) in [4.78, 5) is 26.5. The van der Waals surface area contributed by atoms with Gasteiger partial charge < -0.3 is 5.73 Å². The summed E-state index contributed by atoms with van der Waals surface area (Å²) in [5, 5.41) is 0. The zero-order valence-electron chi connectivity index (χ0n) is 10.0. The van der Waals surface area contributed by atoms with Crippen molar-refractivity contribution in [3.05, 3.63) is 63.8 Å². The molecule has 1 heterocycles. The fraction of sp³-hybridized carbons (Fsp3) is 0.0714. The van der Waals surface area contributed by atoms with Gasteiger partial charge in [-0.05, 0) is 17.7 Å². The molecule has 19 heavy (non-hydrogen) atoms. The Kier molecular flexibility index (Phi) is 3.44. The van der Waals surface area contributed by atoms with Crippen molar-refractivity contribution in [3.63, 3.8) is 0 Å². The highest BCUT2D eigenvalue weighted by Crippen LogP contribution is 2.04. The van der Waals surface area contributed by atoms with Crippen LogP contribution in [0.15, 0.2) is 41.5 Å². The number of terminal acetylenes is 1. The molecule has 0 aliphatic heterocycles. The zero-order valence-corrected chi connectivity index (χ0v) is 10.0. The Balaban J connectivity index is 2.26. The number of rotatable bonds is 3. The van der Waals surface area contributed by atoms with Gasteiger partial charge in [0.05, 0.1) is 12.9 Å². The lowest BCUT2D eigenvalue weighted by molar-refractivity contribution is 0.0995. The Labute approximate surface area is 109 Å². The van der Waals surface area contributed by atoms with Crippen LogP contribution in [-0.4, -0.2) is 15.5 Å². The van der Waals surface area contributed by atoms with E-state index in [0.29, 0.717) is 6.54 Å². The molecule has 2 N–H and O–H groups in total. The molecule has 1 amide bonds. The van der Waals surface area contributed by atoms with Crippen molar-refractivity contribution in [1.82, 2.24) is 9.55 Å². The monoisotopic (exact) mass is 253 g/mol. The van der Waals surface area contributed by atoms with Gasteiger partial charge in [-0.15, -0.1) is 6.42 Å². The number of carbonyl (C=O) groups excluding carboxylic acids is 1. The Morgan fingerprint density at radius 1 is 1.37 bits per heavy atom. The molecule has 0 aliphatic carbocycles. The molecule has 0 atom stereocenters. The van der Waals surface area contributed by atoms with Crippen LogP contribution < -0.4 is 11.3 Å². The molecule has 5 nitrogen and oxygen atoms in total. The predicted molar refractivity (Wildman–Crippen MR) is 70.5 cm³/mol. The van der Waals surface area contributed by atoms with E-state index in [-0.39, 0.29) is 11.3 Å². The summed E-state index contributed by atoms with van der Waals surface area (Å²) >= 11 is 0. The van der Waals surface area contributed by atoms with E-state index in [2.05, 4.69) is 10.9 Å². The molecule has 5 heteroatoms. The number of nitrogens with zero attached hydrogens (tertiary/aromatic N) is 2. The van der Waals surface area contributed by atoms with Crippen LogP contribution in [0.2, 0.25) is 0 Å². The van der Waals surface area contributed by atoms with Gasteiger partial charge in [-0.25, -0.2) is 4.98 Å². The van der Waals surface area contributed by atoms with Crippen molar-refractivity contribution in [2.45, 2.75) is 6.54 Å². The van der Waals surface area contributed by atoms with Crippen LogP contribution in [0.25, 0.3) is 0 Å². The first-order valence-electron chi connectivity index (χ1n) is 5.52. The van der Waals surface area contributed by atoms with E-state index in [4.69, 9.17) is 12.2 Å². The number of benzene rings is 1. The molecule has 0 bridgehead atoms. The molecule has 0 radical (unpaired) electrons. The number of nitrogens with two attached hydrogens (primary N) is 1. The molecular formula is C14H11N3O2. The first-order valence-corrected chi connectivity index (χ1v) is 5.52. The summed E-state index contributed by atoms with van der Waals surface area (Å²) in [6, 6.07) is 8.39.